The molecule has 2 N–H and O–H groups in total. The fraction of sp³-hybridized carbons (Fsp3) is 0.333. The van der Waals surface area contributed by atoms with Gasteiger partial charge in [-0.15, -0.1) is 4.91 Å². The number of nitroso groups, excluding NO2 is 1. The zero-order valence-electron chi connectivity index (χ0n) is 17.7. The van der Waals surface area contributed by atoms with Crippen LogP contribution in [0.15, 0.2) is 54.2 Å². The maximum Gasteiger partial charge on any atom is 0.268 e. The van der Waals surface area contributed by atoms with Crippen LogP contribution in [0.3, 0.4) is 0 Å². The zero-order valence-corrected chi connectivity index (χ0v) is 18.6. The molecule has 1 amide bonds. The molecule has 2 aromatic heterocycles. The van der Waals surface area contributed by atoms with Crippen LogP contribution in [0.2, 0.25) is 0 Å². The van der Waals surface area contributed by atoms with Gasteiger partial charge in [-0.1, -0.05) is 38.8 Å². The van der Waals surface area contributed by atoms with Gasteiger partial charge in [-0.25, -0.2) is 4.98 Å². The number of carbonyl (C=O) groups excluding carboxylic acids is 1. The van der Waals surface area contributed by atoms with Gasteiger partial charge in [0.2, 0.25) is 0 Å². The molecule has 1 aliphatic rings. The number of aromatic amines is 1. The van der Waals surface area contributed by atoms with Crippen molar-refractivity contribution in [3.05, 3.63) is 65.3 Å². The molecular formula is C21H28N6O2S. The number of hydrogen-bond acceptors (Lipinski definition) is 6. The second-order valence-corrected chi connectivity index (χ2v) is 7.45. The number of nitrogens with zero attached hydrogens (tertiary/aromatic N) is 4. The third kappa shape index (κ3) is 6.04. The van der Waals surface area contributed by atoms with E-state index in [-0.39, 0.29) is 11.9 Å². The van der Waals surface area contributed by atoms with Crippen molar-refractivity contribution in [2.45, 2.75) is 26.3 Å². The Hall–Kier alpha value is -2.91. The summed E-state index contributed by atoms with van der Waals surface area (Å²) >= 11 is 3.80. The van der Waals surface area contributed by atoms with Crippen molar-refractivity contribution in [1.29, 1.82) is 0 Å². The van der Waals surface area contributed by atoms with E-state index in [0.717, 1.165) is 23.2 Å². The molecule has 0 fully saturated rings. The SMILES string of the molecule is CC.CN(C)S.O=Nc1cccc(-c2cc3n(c2)[C@@H](Cc2cnc[nH]2)CNC3=O)c1. The Morgan fingerprint density at radius 1 is 1.27 bits per heavy atom. The minimum Gasteiger partial charge on any atom is -0.349 e. The number of nitrogens with one attached hydrogen (secondary N) is 2. The van der Waals surface area contributed by atoms with Crippen molar-refractivity contribution >= 4 is 24.4 Å². The number of thiol groups is 1. The van der Waals surface area contributed by atoms with Crippen LogP contribution in [-0.4, -0.2) is 45.4 Å². The first-order valence-electron chi connectivity index (χ1n) is 9.75. The van der Waals surface area contributed by atoms with Crippen molar-refractivity contribution in [2.75, 3.05) is 20.6 Å². The highest BCUT2D eigenvalue weighted by atomic mass is 32.1. The molecule has 1 aliphatic heterocycles. The van der Waals surface area contributed by atoms with E-state index in [1.54, 1.807) is 35.0 Å². The molecule has 9 heteroatoms. The van der Waals surface area contributed by atoms with Crippen molar-refractivity contribution in [2.24, 2.45) is 5.18 Å². The third-order valence-corrected chi connectivity index (χ3v) is 4.27. The van der Waals surface area contributed by atoms with E-state index in [2.05, 4.69) is 33.3 Å². The van der Waals surface area contributed by atoms with E-state index in [1.807, 2.05) is 50.8 Å². The summed E-state index contributed by atoms with van der Waals surface area (Å²) in [5, 5.41) is 5.90. The summed E-state index contributed by atoms with van der Waals surface area (Å²) in [6, 6.07) is 9.01. The van der Waals surface area contributed by atoms with Crippen LogP contribution in [-0.2, 0) is 6.42 Å². The molecule has 0 radical (unpaired) electrons. The smallest absolute Gasteiger partial charge is 0.268 e. The number of benzene rings is 1. The molecule has 1 aromatic carbocycles. The van der Waals surface area contributed by atoms with E-state index >= 15 is 0 Å². The van der Waals surface area contributed by atoms with Crippen LogP contribution in [0.4, 0.5) is 5.69 Å². The highest BCUT2D eigenvalue weighted by molar-refractivity contribution is 7.77. The van der Waals surface area contributed by atoms with E-state index in [9.17, 15) is 9.70 Å². The Balaban J connectivity index is 0.000000481. The van der Waals surface area contributed by atoms with Crippen LogP contribution in [0.25, 0.3) is 11.1 Å². The molecule has 1 atom stereocenters. The minimum atomic E-state index is -0.0909. The highest BCUT2D eigenvalue weighted by Crippen LogP contribution is 2.29. The fourth-order valence-electron chi connectivity index (χ4n) is 3.08. The number of aromatic nitrogens is 3. The lowest BCUT2D eigenvalue weighted by molar-refractivity contribution is 0.0914. The maximum atomic E-state index is 12.2. The normalized spacial score (nSPS) is 14.6. The molecule has 0 spiro atoms. The average molecular weight is 429 g/mol. The number of H-pyrrole nitrogens is 1. The largest absolute Gasteiger partial charge is 0.349 e. The third-order valence-electron chi connectivity index (χ3n) is 4.27. The highest BCUT2D eigenvalue weighted by Gasteiger charge is 2.26. The molecule has 160 valence electrons. The van der Waals surface area contributed by atoms with Gasteiger partial charge in [0.1, 0.15) is 11.4 Å². The predicted octanol–water partition coefficient (Wildman–Crippen LogP) is 4.22. The van der Waals surface area contributed by atoms with E-state index in [1.165, 1.54) is 0 Å². The summed E-state index contributed by atoms with van der Waals surface area (Å²) in [5.74, 6) is -0.0909. The quantitative estimate of drug-likeness (QED) is 0.428. The van der Waals surface area contributed by atoms with Crippen LogP contribution >= 0.6 is 12.8 Å². The van der Waals surface area contributed by atoms with Gasteiger partial charge in [0.25, 0.3) is 5.91 Å². The van der Waals surface area contributed by atoms with Crippen molar-refractivity contribution in [3.63, 3.8) is 0 Å². The van der Waals surface area contributed by atoms with Crippen molar-refractivity contribution in [3.8, 4) is 11.1 Å². The predicted molar refractivity (Wildman–Crippen MR) is 123 cm³/mol. The molecule has 30 heavy (non-hydrogen) atoms. The number of amides is 1. The molecule has 3 heterocycles. The van der Waals surface area contributed by atoms with Gasteiger partial charge < -0.3 is 14.9 Å². The molecule has 0 aliphatic carbocycles. The summed E-state index contributed by atoms with van der Waals surface area (Å²) in [5.41, 5.74) is 3.76. The molecule has 3 aromatic rings. The number of hydrogen-bond donors (Lipinski definition) is 3. The number of fused-ring (bicyclic) bond motifs is 1. The Bertz CT molecular complexity index is 950. The van der Waals surface area contributed by atoms with Crippen LogP contribution < -0.4 is 5.32 Å². The monoisotopic (exact) mass is 428 g/mol. The first-order chi connectivity index (χ1) is 14.5. The summed E-state index contributed by atoms with van der Waals surface area (Å²) in [6.07, 6.45) is 6.15. The summed E-state index contributed by atoms with van der Waals surface area (Å²) in [6.45, 7) is 4.56. The number of rotatable bonds is 4. The van der Waals surface area contributed by atoms with Crippen LogP contribution in [0.1, 0.15) is 36.1 Å². The van der Waals surface area contributed by atoms with Gasteiger partial charge in [0.15, 0.2) is 0 Å². The molecular weight excluding hydrogens is 400 g/mol. The van der Waals surface area contributed by atoms with Crippen LogP contribution in [0.5, 0.6) is 0 Å². The van der Waals surface area contributed by atoms with Gasteiger partial charge in [-0.05, 0) is 43.0 Å². The summed E-state index contributed by atoms with van der Waals surface area (Å²) in [4.78, 5) is 30.1. The fourth-order valence-corrected chi connectivity index (χ4v) is 3.08. The Morgan fingerprint density at radius 2 is 2.00 bits per heavy atom. The zero-order chi connectivity index (χ0) is 22.1. The standard InChI is InChI=1S/C17H15N5O2.C2H7NS.C2H6/c23-17-16-5-12(11-2-1-3-13(4-11)21-24)9-22(16)15(8-19-17)6-14-7-18-10-20-14;1-3(2)4;1-2/h1-5,7,9-10,15H,6,8H2,(H,18,20)(H,19,23);4H,1-2H3;1-2H3/t15-;;/m0../s1. The molecule has 4 rings (SSSR count). The molecule has 8 nitrogen and oxygen atoms in total. The molecule has 0 saturated carbocycles. The molecule has 0 unspecified atom stereocenters. The maximum absolute atomic E-state index is 12.2. The van der Waals surface area contributed by atoms with Crippen molar-refractivity contribution in [1.82, 2.24) is 24.2 Å². The van der Waals surface area contributed by atoms with Gasteiger partial charge in [0.05, 0.1) is 12.4 Å². The minimum absolute atomic E-state index is 0.0909. The number of imidazole rings is 1. The van der Waals surface area contributed by atoms with Gasteiger partial charge in [-0.3, -0.25) is 9.10 Å². The lowest BCUT2D eigenvalue weighted by Crippen LogP contribution is -2.39. The lowest BCUT2D eigenvalue weighted by Gasteiger charge is -2.26. The second kappa shape index (κ2) is 11.3. The Labute approximate surface area is 182 Å². The Kier molecular flexibility index (Phi) is 8.82. The van der Waals surface area contributed by atoms with E-state index < -0.39 is 0 Å². The summed E-state index contributed by atoms with van der Waals surface area (Å²) < 4.78 is 3.69. The average Bonchev–Trinajstić information content (AvgIpc) is 3.42. The number of carbonyl (C=O) groups is 1. The first kappa shape index (κ1) is 23.4. The topological polar surface area (TPSA) is 95.4 Å². The van der Waals surface area contributed by atoms with Crippen molar-refractivity contribution < 1.29 is 4.79 Å². The lowest BCUT2D eigenvalue weighted by atomic mass is 10.1. The van der Waals surface area contributed by atoms with Gasteiger partial charge in [0, 0.05) is 36.6 Å². The first-order valence-corrected chi connectivity index (χ1v) is 10.1. The van der Waals surface area contributed by atoms with E-state index in [0.29, 0.717) is 17.9 Å². The summed E-state index contributed by atoms with van der Waals surface area (Å²) in [7, 11) is 3.73. The van der Waals surface area contributed by atoms with E-state index in [4.69, 9.17) is 0 Å². The van der Waals surface area contributed by atoms with Crippen LogP contribution in [0, 0.1) is 4.91 Å². The molecule has 0 saturated heterocycles. The molecule has 0 bridgehead atoms. The van der Waals surface area contributed by atoms with Gasteiger partial charge >= 0.3 is 0 Å². The second-order valence-electron chi connectivity index (χ2n) is 6.65. The Morgan fingerprint density at radius 3 is 2.63 bits per heavy atom. The van der Waals surface area contributed by atoms with Gasteiger partial charge in [-0.2, -0.15) is 0 Å².